The third-order valence-electron chi connectivity index (χ3n) is 3.57. The van der Waals surface area contributed by atoms with Crippen molar-refractivity contribution in [2.24, 2.45) is 0 Å². The zero-order valence-corrected chi connectivity index (χ0v) is 14.9. The summed E-state index contributed by atoms with van der Waals surface area (Å²) in [4.78, 5) is 23.5. The van der Waals surface area contributed by atoms with Gasteiger partial charge in [0.15, 0.2) is 0 Å². The number of rotatable bonds is 9. The van der Waals surface area contributed by atoms with Crippen LogP contribution in [0.4, 0.5) is 0 Å². The Kier molecular flexibility index (Phi) is 6.73. The minimum Gasteiger partial charge on any atom is -0.461 e. The molecule has 0 saturated heterocycles. The second-order valence-electron chi connectivity index (χ2n) is 5.57. The van der Waals surface area contributed by atoms with E-state index in [0.29, 0.717) is 31.1 Å². The predicted octanol–water partition coefficient (Wildman–Crippen LogP) is 2.29. The van der Waals surface area contributed by atoms with E-state index in [9.17, 15) is 9.59 Å². The minimum absolute atomic E-state index is 0.333. The average Bonchev–Trinajstić information content (AvgIpc) is 3.19. The monoisotopic (exact) mass is 348 g/mol. The van der Waals surface area contributed by atoms with Crippen LogP contribution in [0.25, 0.3) is 0 Å². The summed E-state index contributed by atoms with van der Waals surface area (Å²) in [6.07, 6.45) is 2.41. The van der Waals surface area contributed by atoms with E-state index in [1.54, 1.807) is 30.7 Å². The zero-order valence-electron chi connectivity index (χ0n) is 14.9. The van der Waals surface area contributed by atoms with Gasteiger partial charge in [-0.1, -0.05) is 0 Å². The first-order chi connectivity index (χ1) is 12.0. The number of ether oxygens (including phenoxy) is 2. The van der Waals surface area contributed by atoms with E-state index >= 15 is 0 Å². The van der Waals surface area contributed by atoms with Gasteiger partial charge in [0.05, 0.1) is 24.6 Å². The quantitative estimate of drug-likeness (QED) is 0.551. The van der Waals surface area contributed by atoms with Gasteiger partial charge in [0.1, 0.15) is 11.4 Å². The fourth-order valence-electron chi connectivity index (χ4n) is 2.46. The lowest BCUT2D eigenvalue weighted by molar-refractivity contribution is 0.0505. The molecule has 2 rings (SSSR count). The molecule has 8 heteroatoms. The first-order valence-corrected chi connectivity index (χ1v) is 8.48. The van der Waals surface area contributed by atoms with E-state index < -0.39 is 5.97 Å². The van der Waals surface area contributed by atoms with Crippen LogP contribution in [-0.2, 0) is 22.4 Å². The van der Waals surface area contributed by atoms with E-state index in [1.165, 1.54) is 0 Å². The van der Waals surface area contributed by atoms with Crippen molar-refractivity contribution < 1.29 is 19.1 Å². The Morgan fingerprint density at radius 3 is 2.56 bits per heavy atom. The third-order valence-corrected chi connectivity index (χ3v) is 3.57. The number of nitrogens with one attached hydrogen (secondary N) is 1. The van der Waals surface area contributed by atoms with Crippen LogP contribution >= 0.6 is 0 Å². The molecule has 0 atom stereocenters. The van der Waals surface area contributed by atoms with Crippen LogP contribution in [0.2, 0.25) is 0 Å². The zero-order chi connectivity index (χ0) is 18.2. The maximum atomic E-state index is 11.9. The summed E-state index contributed by atoms with van der Waals surface area (Å²) in [6, 6.07) is 3.44. The summed E-state index contributed by atoms with van der Waals surface area (Å²) >= 11 is 0. The van der Waals surface area contributed by atoms with E-state index in [0.717, 1.165) is 30.7 Å². The topological polar surface area (TPSA) is 99.1 Å². The SMILES string of the molecule is CCOC(=O)c1cc(CCCCn2nc(C)cc2C(=O)OCC)n[nH]1. The number of hydrogen-bond donors (Lipinski definition) is 1. The molecule has 0 saturated carbocycles. The predicted molar refractivity (Wildman–Crippen MR) is 90.4 cm³/mol. The van der Waals surface area contributed by atoms with Crippen LogP contribution in [-0.4, -0.2) is 45.1 Å². The van der Waals surface area contributed by atoms with Crippen molar-refractivity contribution in [1.29, 1.82) is 0 Å². The Bertz CT molecular complexity index is 720. The summed E-state index contributed by atoms with van der Waals surface area (Å²) in [5, 5.41) is 11.1. The van der Waals surface area contributed by atoms with Crippen LogP contribution in [0.1, 0.15) is 59.1 Å². The highest BCUT2D eigenvalue weighted by Crippen LogP contribution is 2.10. The van der Waals surface area contributed by atoms with Crippen LogP contribution in [0.3, 0.4) is 0 Å². The molecule has 0 aromatic carbocycles. The largest absolute Gasteiger partial charge is 0.461 e. The average molecular weight is 348 g/mol. The lowest BCUT2D eigenvalue weighted by Crippen LogP contribution is -2.13. The fourth-order valence-corrected chi connectivity index (χ4v) is 2.46. The van der Waals surface area contributed by atoms with Gasteiger partial charge < -0.3 is 9.47 Å². The number of hydrogen-bond acceptors (Lipinski definition) is 6. The standard InChI is InChI=1S/C17H24N4O4/c1-4-24-16(22)14-11-13(18-19-14)8-6-7-9-21-15(10-12(3)20-21)17(23)25-5-2/h10-11H,4-9H2,1-3H3,(H,18,19). The number of aromatic amines is 1. The van der Waals surface area contributed by atoms with Gasteiger partial charge in [0.25, 0.3) is 0 Å². The number of carbonyl (C=O) groups is 2. The van der Waals surface area contributed by atoms with Crippen molar-refractivity contribution in [2.45, 2.75) is 46.6 Å². The molecule has 2 aromatic rings. The molecule has 2 aromatic heterocycles. The molecule has 0 aliphatic heterocycles. The number of carbonyl (C=O) groups excluding carboxylic acids is 2. The van der Waals surface area contributed by atoms with Gasteiger partial charge in [-0.2, -0.15) is 10.2 Å². The maximum Gasteiger partial charge on any atom is 0.356 e. The van der Waals surface area contributed by atoms with Gasteiger partial charge in [-0.25, -0.2) is 9.59 Å². The van der Waals surface area contributed by atoms with Crippen molar-refractivity contribution in [3.8, 4) is 0 Å². The Hall–Kier alpha value is -2.64. The molecule has 2 heterocycles. The molecule has 0 amide bonds. The lowest BCUT2D eigenvalue weighted by Gasteiger charge is -2.06. The Labute approximate surface area is 146 Å². The van der Waals surface area contributed by atoms with E-state index in [-0.39, 0.29) is 5.97 Å². The molecular weight excluding hydrogens is 324 g/mol. The first kappa shape index (κ1) is 18.7. The highest BCUT2D eigenvalue weighted by atomic mass is 16.5. The fraction of sp³-hybridized carbons (Fsp3) is 0.529. The second kappa shape index (κ2) is 9.00. The number of unbranched alkanes of at least 4 members (excludes halogenated alkanes) is 1. The molecule has 1 N–H and O–H groups in total. The molecule has 0 unspecified atom stereocenters. The smallest absolute Gasteiger partial charge is 0.356 e. The van der Waals surface area contributed by atoms with Gasteiger partial charge in [0, 0.05) is 6.54 Å². The molecule has 136 valence electrons. The molecule has 0 radical (unpaired) electrons. The lowest BCUT2D eigenvalue weighted by atomic mass is 10.2. The molecule has 0 aliphatic rings. The van der Waals surface area contributed by atoms with Gasteiger partial charge in [0.2, 0.25) is 0 Å². The summed E-state index contributed by atoms with van der Waals surface area (Å²) in [5.74, 6) is -0.748. The van der Waals surface area contributed by atoms with Crippen LogP contribution < -0.4 is 0 Å². The second-order valence-corrected chi connectivity index (χ2v) is 5.57. The normalized spacial score (nSPS) is 10.7. The number of H-pyrrole nitrogens is 1. The Morgan fingerprint density at radius 1 is 1.12 bits per heavy atom. The highest BCUT2D eigenvalue weighted by Gasteiger charge is 2.15. The van der Waals surface area contributed by atoms with Crippen LogP contribution in [0.5, 0.6) is 0 Å². The molecule has 25 heavy (non-hydrogen) atoms. The molecule has 0 bridgehead atoms. The maximum absolute atomic E-state index is 11.9. The van der Waals surface area contributed by atoms with Gasteiger partial charge in [-0.05, 0) is 52.2 Å². The summed E-state index contributed by atoms with van der Waals surface area (Å²) < 4.78 is 11.6. The van der Waals surface area contributed by atoms with Crippen molar-refractivity contribution in [2.75, 3.05) is 13.2 Å². The van der Waals surface area contributed by atoms with E-state index in [1.807, 2.05) is 6.92 Å². The Balaban J connectivity index is 1.84. The van der Waals surface area contributed by atoms with Crippen LogP contribution in [0.15, 0.2) is 12.1 Å². The van der Waals surface area contributed by atoms with E-state index in [4.69, 9.17) is 9.47 Å². The number of aromatic nitrogens is 4. The Morgan fingerprint density at radius 2 is 1.84 bits per heavy atom. The van der Waals surface area contributed by atoms with Gasteiger partial charge >= 0.3 is 11.9 Å². The summed E-state index contributed by atoms with van der Waals surface area (Å²) in [6.45, 7) is 6.68. The molecule has 0 aliphatic carbocycles. The van der Waals surface area contributed by atoms with Crippen molar-refractivity contribution in [1.82, 2.24) is 20.0 Å². The summed E-state index contributed by atoms with van der Waals surface area (Å²) in [7, 11) is 0. The number of nitrogens with zero attached hydrogens (tertiary/aromatic N) is 3. The van der Waals surface area contributed by atoms with Gasteiger partial charge in [-0.15, -0.1) is 0 Å². The molecule has 8 nitrogen and oxygen atoms in total. The molecule has 0 fully saturated rings. The number of aryl methyl sites for hydroxylation is 3. The van der Waals surface area contributed by atoms with Crippen molar-refractivity contribution in [3.05, 3.63) is 34.9 Å². The molecule has 0 spiro atoms. The van der Waals surface area contributed by atoms with Crippen molar-refractivity contribution in [3.63, 3.8) is 0 Å². The van der Waals surface area contributed by atoms with Crippen LogP contribution in [0, 0.1) is 6.92 Å². The summed E-state index contributed by atoms with van der Waals surface area (Å²) in [5.41, 5.74) is 2.44. The van der Waals surface area contributed by atoms with Gasteiger partial charge in [-0.3, -0.25) is 9.78 Å². The van der Waals surface area contributed by atoms with E-state index in [2.05, 4.69) is 15.3 Å². The first-order valence-electron chi connectivity index (χ1n) is 8.48. The van der Waals surface area contributed by atoms with Crippen molar-refractivity contribution >= 4 is 11.9 Å². The molecular formula is C17H24N4O4. The highest BCUT2D eigenvalue weighted by molar-refractivity contribution is 5.87. The third kappa shape index (κ3) is 5.17. The minimum atomic E-state index is -0.396. The number of esters is 2.